The molecule has 0 radical (unpaired) electrons. The molecule has 212 valence electrons. The van der Waals surface area contributed by atoms with Crippen molar-refractivity contribution < 1.29 is 29.2 Å². The minimum atomic E-state index is -1.23. The highest BCUT2D eigenvalue weighted by molar-refractivity contribution is 6.31. The molecule has 0 spiro atoms. The van der Waals surface area contributed by atoms with Gasteiger partial charge in [-0.2, -0.15) is 0 Å². The number of hydrogen-bond acceptors (Lipinski definition) is 6. The second-order valence-corrected chi connectivity index (χ2v) is 9.85. The highest BCUT2D eigenvalue weighted by Crippen LogP contribution is 2.45. The molecule has 4 rings (SSSR count). The summed E-state index contributed by atoms with van der Waals surface area (Å²) in [5.74, 6) is -0.408. The number of methoxy groups -OCH3 is 1. The van der Waals surface area contributed by atoms with Gasteiger partial charge in [-0.15, -0.1) is 0 Å². The van der Waals surface area contributed by atoms with E-state index in [1.807, 2.05) is 93.6 Å². The second-order valence-electron chi connectivity index (χ2n) is 9.45. The van der Waals surface area contributed by atoms with Gasteiger partial charge in [0.15, 0.2) is 5.79 Å². The average molecular weight is 557 g/mol. The predicted octanol–water partition coefficient (Wildman–Crippen LogP) is 6.27. The SMILES string of the molecule is CC.CCOc1ccc(Cc2cc([C@@]3(OC)CC(OCc4ccccc4)CC(CO)(CO)O3)ccc2Cl)cc1. The van der Waals surface area contributed by atoms with Crippen molar-refractivity contribution in [3.8, 4) is 5.75 Å². The van der Waals surface area contributed by atoms with E-state index in [-0.39, 0.29) is 19.3 Å². The van der Waals surface area contributed by atoms with Gasteiger partial charge in [0, 0.05) is 30.5 Å². The molecular weight excluding hydrogens is 516 g/mol. The lowest BCUT2D eigenvalue weighted by Gasteiger charge is -2.49. The normalized spacial score (nSPS) is 20.1. The van der Waals surface area contributed by atoms with Gasteiger partial charge >= 0.3 is 0 Å². The van der Waals surface area contributed by atoms with Crippen LogP contribution in [-0.2, 0) is 33.0 Å². The Labute approximate surface area is 237 Å². The van der Waals surface area contributed by atoms with Gasteiger partial charge < -0.3 is 29.2 Å². The Hall–Kier alpha value is -2.45. The number of hydrogen-bond donors (Lipinski definition) is 2. The first-order valence-corrected chi connectivity index (χ1v) is 14.0. The molecule has 0 amide bonds. The molecule has 6 nitrogen and oxygen atoms in total. The molecule has 0 saturated carbocycles. The third kappa shape index (κ3) is 7.82. The molecule has 1 heterocycles. The van der Waals surface area contributed by atoms with Gasteiger partial charge in [-0.05, 0) is 54.3 Å². The zero-order valence-corrected chi connectivity index (χ0v) is 24.1. The van der Waals surface area contributed by atoms with Crippen LogP contribution in [0.1, 0.15) is 55.9 Å². The van der Waals surface area contributed by atoms with E-state index >= 15 is 0 Å². The summed E-state index contributed by atoms with van der Waals surface area (Å²) in [5.41, 5.74) is 2.57. The number of ether oxygens (including phenoxy) is 4. The van der Waals surface area contributed by atoms with Gasteiger partial charge in [0.05, 0.1) is 32.5 Å². The molecule has 1 fully saturated rings. The molecule has 1 aliphatic rings. The van der Waals surface area contributed by atoms with E-state index in [1.165, 1.54) is 0 Å². The summed E-state index contributed by atoms with van der Waals surface area (Å²) >= 11 is 6.60. The molecule has 7 heteroatoms. The summed E-state index contributed by atoms with van der Waals surface area (Å²) in [7, 11) is 1.57. The number of benzene rings is 3. The first-order valence-electron chi connectivity index (χ1n) is 13.6. The third-order valence-corrected chi connectivity index (χ3v) is 7.20. The average Bonchev–Trinajstić information content (AvgIpc) is 2.99. The molecule has 39 heavy (non-hydrogen) atoms. The first-order chi connectivity index (χ1) is 18.9. The maximum absolute atomic E-state index is 10.2. The van der Waals surface area contributed by atoms with Crippen molar-refractivity contribution >= 4 is 11.6 Å². The van der Waals surface area contributed by atoms with Crippen LogP contribution in [0.2, 0.25) is 5.02 Å². The van der Waals surface area contributed by atoms with Crippen LogP contribution >= 0.6 is 11.6 Å². The van der Waals surface area contributed by atoms with Crippen LogP contribution in [0.4, 0.5) is 0 Å². The van der Waals surface area contributed by atoms with E-state index in [1.54, 1.807) is 7.11 Å². The highest BCUT2D eigenvalue weighted by Gasteiger charge is 2.51. The van der Waals surface area contributed by atoms with E-state index in [0.29, 0.717) is 37.5 Å². The third-order valence-electron chi connectivity index (χ3n) is 6.83. The summed E-state index contributed by atoms with van der Waals surface area (Å²) < 4.78 is 24.2. The van der Waals surface area contributed by atoms with E-state index in [2.05, 4.69) is 0 Å². The van der Waals surface area contributed by atoms with Gasteiger partial charge in [0.1, 0.15) is 11.4 Å². The largest absolute Gasteiger partial charge is 0.494 e. The van der Waals surface area contributed by atoms with E-state index in [9.17, 15) is 10.2 Å². The van der Waals surface area contributed by atoms with Gasteiger partial charge in [-0.1, -0.05) is 74.0 Å². The quantitative estimate of drug-likeness (QED) is 0.290. The fourth-order valence-corrected chi connectivity index (χ4v) is 5.01. The summed E-state index contributed by atoms with van der Waals surface area (Å²) in [4.78, 5) is 0. The number of aliphatic hydroxyl groups is 2. The molecule has 3 aromatic rings. The molecule has 2 atom stereocenters. The molecule has 1 unspecified atom stereocenters. The molecule has 1 saturated heterocycles. The Kier molecular flexibility index (Phi) is 11.8. The van der Waals surface area contributed by atoms with E-state index in [0.717, 1.165) is 28.0 Å². The van der Waals surface area contributed by atoms with E-state index < -0.39 is 11.4 Å². The minimum absolute atomic E-state index is 0.321. The van der Waals surface area contributed by atoms with Gasteiger partial charge in [-0.25, -0.2) is 0 Å². The van der Waals surface area contributed by atoms with Crippen LogP contribution in [0.25, 0.3) is 0 Å². The van der Waals surface area contributed by atoms with Gasteiger partial charge in [-0.3, -0.25) is 0 Å². The lowest BCUT2D eigenvalue weighted by atomic mass is 9.85. The summed E-state index contributed by atoms with van der Waals surface area (Å²) in [5, 5.41) is 21.1. The zero-order chi connectivity index (χ0) is 28.3. The molecule has 2 N–H and O–H groups in total. The summed E-state index contributed by atoms with van der Waals surface area (Å²) in [6, 6.07) is 23.5. The molecule has 0 bridgehead atoms. The van der Waals surface area contributed by atoms with Crippen LogP contribution < -0.4 is 4.74 Å². The standard InChI is InChI=1S/C30H35ClO6.C2H6/c1-3-35-26-12-9-22(10-13-26)15-24-16-25(11-14-28(24)31)30(34-2)18-27(17-29(20-32,21-33)37-30)36-19-23-7-5-4-6-8-23;1-2/h4-14,16,27,32-33H,3,15,17-21H2,1-2H3;1-2H3/t27?,30-;/m1./s1. The number of aliphatic hydroxyl groups excluding tert-OH is 2. The van der Waals surface area contributed by atoms with Gasteiger partial charge in [0.25, 0.3) is 0 Å². The maximum atomic E-state index is 10.2. The van der Waals surface area contributed by atoms with Crippen molar-refractivity contribution in [2.75, 3.05) is 26.9 Å². The Balaban J connectivity index is 0.00000205. The second kappa shape index (κ2) is 14.8. The zero-order valence-electron chi connectivity index (χ0n) is 23.4. The topological polar surface area (TPSA) is 77.4 Å². The molecule has 3 aromatic carbocycles. The van der Waals surface area contributed by atoms with Crippen molar-refractivity contribution in [2.45, 2.75) is 64.1 Å². The Morgan fingerprint density at radius 2 is 1.62 bits per heavy atom. The Bertz CT molecular complexity index is 1130. The molecule has 1 aliphatic heterocycles. The van der Waals surface area contributed by atoms with Gasteiger partial charge in [0.2, 0.25) is 0 Å². The van der Waals surface area contributed by atoms with Crippen LogP contribution in [-0.4, -0.2) is 48.8 Å². The van der Waals surface area contributed by atoms with Crippen molar-refractivity contribution in [2.24, 2.45) is 0 Å². The Morgan fingerprint density at radius 3 is 2.23 bits per heavy atom. The highest BCUT2D eigenvalue weighted by atomic mass is 35.5. The van der Waals surface area contributed by atoms with Crippen LogP contribution in [0, 0.1) is 0 Å². The molecular formula is C32H41ClO6. The van der Waals surface area contributed by atoms with Crippen LogP contribution in [0.3, 0.4) is 0 Å². The van der Waals surface area contributed by atoms with Crippen molar-refractivity contribution in [3.63, 3.8) is 0 Å². The molecule has 0 aromatic heterocycles. The van der Waals surface area contributed by atoms with Crippen molar-refractivity contribution in [1.29, 1.82) is 0 Å². The number of halogens is 1. The molecule has 0 aliphatic carbocycles. The monoisotopic (exact) mass is 556 g/mol. The fourth-order valence-electron chi connectivity index (χ4n) is 4.83. The smallest absolute Gasteiger partial charge is 0.197 e. The van der Waals surface area contributed by atoms with Crippen LogP contribution in [0.15, 0.2) is 72.8 Å². The maximum Gasteiger partial charge on any atom is 0.197 e. The lowest BCUT2D eigenvalue weighted by Crippen LogP contribution is -2.56. The minimum Gasteiger partial charge on any atom is -0.494 e. The van der Waals surface area contributed by atoms with E-state index in [4.69, 9.17) is 30.5 Å². The Morgan fingerprint density at radius 1 is 0.923 bits per heavy atom. The number of rotatable bonds is 11. The first kappa shape index (κ1) is 31.1. The fraction of sp³-hybridized carbons (Fsp3) is 0.438. The van der Waals surface area contributed by atoms with Crippen molar-refractivity contribution in [3.05, 3.63) is 100 Å². The summed E-state index contributed by atoms with van der Waals surface area (Å²) in [6.45, 7) is 6.24. The predicted molar refractivity (Wildman–Crippen MR) is 154 cm³/mol. The van der Waals surface area contributed by atoms with Crippen molar-refractivity contribution in [1.82, 2.24) is 0 Å². The van der Waals surface area contributed by atoms with Crippen LogP contribution in [0.5, 0.6) is 5.75 Å². The lowest BCUT2D eigenvalue weighted by molar-refractivity contribution is -0.344. The summed E-state index contributed by atoms with van der Waals surface area (Å²) in [6.07, 6.45) is 1.02.